The molecule has 2 rings (SSSR count). The zero-order valence-electron chi connectivity index (χ0n) is 16.1. The molecule has 0 unspecified atom stereocenters. The van der Waals surface area contributed by atoms with Crippen LogP contribution in [0.2, 0.25) is 0 Å². The number of aryl methyl sites for hydroxylation is 1. The first kappa shape index (κ1) is 20.6. The maximum Gasteiger partial charge on any atom is 0.243 e. The minimum absolute atomic E-state index is 0.368. The summed E-state index contributed by atoms with van der Waals surface area (Å²) in [6.07, 6.45) is 3.25. The number of sulfonamides is 1. The third-order valence-electron chi connectivity index (χ3n) is 4.38. The molecule has 0 N–H and O–H groups in total. The van der Waals surface area contributed by atoms with Crippen molar-refractivity contribution in [1.29, 1.82) is 0 Å². The summed E-state index contributed by atoms with van der Waals surface area (Å²) in [5, 5.41) is 0. The Morgan fingerprint density at radius 2 is 1.50 bits per heavy atom. The van der Waals surface area contributed by atoms with Gasteiger partial charge in [-0.2, -0.15) is 4.31 Å². The summed E-state index contributed by atoms with van der Waals surface area (Å²) in [5.41, 5.74) is 2.18. The Balaban J connectivity index is 2.22. The van der Waals surface area contributed by atoms with Gasteiger partial charge in [-0.15, -0.1) is 0 Å². The highest BCUT2D eigenvalue weighted by Crippen LogP contribution is 2.19. The number of unbranched alkanes of at least 4 members (excludes halogenated alkanes) is 1. The van der Waals surface area contributed by atoms with E-state index in [2.05, 4.69) is 6.92 Å². The van der Waals surface area contributed by atoms with Gasteiger partial charge in [0.2, 0.25) is 10.0 Å². The second-order valence-corrected chi connectivity index (χ2v) is 8.81. The minimum atomic E-state index is -3.53. The summed E-state index contributed by atoms with van der Waals surface area (Å²) in [5.74, 6) is 0. The van der Waals surface area contributed by atoms with Crippen LogP contribution in [0.15, 0.2) is 59.5 Å². The Labute approximate surface area is 158 Å². The van der Waals surface area contributed by atoms with Gasteiger partial charge in [0.1, 0.15) is 0 Å². The lowest BCUT2D eigenvalue weighted by Crippen LogP contribution is -2.36. The van der Waals surface area contributed by atoms with Crippen LogP contribution < -0.4 is 0 Å². The van der Waals surface area contributed by atoms with Crippen LogP contribution in [0.3, 0.4) is 0 Å². The molecule has 0 saturated carbocycles. The van der Waals surface area contributed by atoms with Crippen molar-refractivity contribution in [3.8, 4) is 0 Å². The SMILES string of the molecule is CCCCc1ccc(S(=O)(=O)N(CCN(C)C)Cc2ccccc2)cc1. The Morgan fingerprint density at radius 1 is 0.846 bits per heavy atom. The lowest BCUT2D eigenvalue weighted by molar-refractivity contribution is 0.329. The molecule has 2 aromatic rings. The van der Waals surface area contributed by atoms with Gasteiger partial charge in [0, 0.05) is 19.6 Å². The third-order valence-corrected chi connectivity index (χ3v) is 6.24. The first-order valence-corrected chi connectivity index (χ1v) is 10.6. The zero-order chi connectivity index (χ0) is 19.0. The van der Waals surface area contributed by atoms with Crippen LogP contribution >= 0.6 is 0 Å². The van der Waals surface area contributed by atoms with E-state index in [1.54, 1.807) is 16.4 Å². The quantitative estimate of drug-likeness (QED) is 0.635. The molecule has 0 spiro atoms. The highest BCUT2D eigenvalue weighted by molar-refractivity contribution is 7.89. The van der Waals surface area contributed by atoms with Gasteiger partial charge in [-0.05, 0) is 50.2 Å². The van der Waals surface area contributed by atoms with Crippen molar-refractivity contribution >= 4 is 10.0 Å². The van der Waals surface area contributed by atoms with E-state index in [9.17, 15) is 8.42 Å². The lowest BCUT2D eigenvalue weighted by atomic mass is 10.1. The highest BCUT2D eigenvalue weighted by Gasteiger charge is 2.24. The molecule has 0 aliphatic rings. The summed E-state index contributed by atoms with van der Waals surface area (Å²) in [4.78, 5) is 2.37. The summed E-state index contributed by atoms with van der Waals surface area (Å²) in [7, 11) is 0.383. The van der Waals surface area contributed by atoms with Crippen LogP contribution in [0, 0.1) is 0 Å². The molecule has 5 heteroatoms. The standard InChI is InChI=1S/C21H30N2O2S/c1-4-5-9-19-12-14-21(15-13-19)26(24,25)23(17-16-22(2)3)18-20-10-7-6-8-11-20/h6-8,10-15H,4-5,9,16-18H2,1-3H3. The van der Waals surface area contributed by atoms with Crippen LogP contribution in [-0.2, 0) is 23.0 Å². The molecule has 0 aliphatic heterocycles. The van der Waals surface area contributed by atoms with E-state index in [1.165, 1.54) is 5.56 Å². The van der Waals surface area contributed by atoms with Crippen LogP contribution in [0.25, 0.3) is 0 Å². The van der Waals surface area contributed by atoms with Crippen LogP contribution in [0.4, 0.5) is 0 Å². The Kier molecular flexibility index (Phi) is 7.82. The molecular formula is C21H30N2O2S. The molecule has 26 heavy (non-hydrogen) atoms. The number of hydrogen-bond acceptors (Lipinski definition) is 3. The van der Waals surface area contributed by atoms with E-state index >= 15 is 0 Å². The zero-order valence-corrected chi connectivity index (χ0v) is 16.9. The lowest BCUT2D eigenvalue weighted by Gasteiger charge is -2.24. The average Bonchev–Trinajstić information content (AvgIpc) is 2.64. The smallest absolute Gasteiger partial charge is 0.243 e. The molecule has 0 heterocycles. The van der Waals surface area contributed by atoms with Crippen molar-refractivity contribution in [2.24, 2.45) is 0 Å². The third kappa shape index (κ3) is 5.94. The predicted octanol–water partition coefficient (Wildman–Crippen LogP) is 3.78. The number of likely N-dealkylation sites (N-methyl/N-ethyl adjacent to an activating group) is 1. The average molecular weight is 375 g/mol. The molecule has 0 bridgehead atoms. The van der Waals surface area contributed by atoms with Crippen LogP contribution in [0.1, 0.15) is 30.9 Å². The van der Waals surface area contributed by atoms with E-state index in [4.69, 9.17) is 0 Å². The van der Waals surface area contributed by atoms with Gasteiger partial charge in [0.05, 0.1) is 4.90 Å². The van der Waals surface area contributed by atoms with Crippen molar-refractivity contribution in [3.05, 3.63) is 65.7 Å². The van der Waals surface area contributed by atoms with Crippen molar-refractivity contribution in [2.75, 3.05) is 27.2 Å². The number of rotatable bonds is 10. The van der Waals surface area contributed by atoms with Crippen LogP contribution in [0.5, 0.6) is 0 Å². The highest BCUT2D eigenvalue weighted by atomic mass is 32.2. The summed E-state index contributed by atoms with van der Waals surface area (Å²) in [6, 6.07) is 17.1. The molecule has 0 atom stereocenters. The molecule has 0 fully saturated rings. The molecule has 0 aliphatic carbocycles. The number of nitrogens with zero attached hydrogens (tertiary/aromatic N) is 2. The fourth-order valence-electron chi connectivity index (χ4n) is 2.74. The van der Waals surface area contributed by atoms with E-state index in [-0.39, 0.29) is 0 Å². The Bertz CT molecular complexity index is 756. The molecule has 0 radical (unpaired) electrons. The first-order chi connectivity index (χ1) is 12.4. The van der Waals surface area contributed by atoms with Gasteiger partial charge < -0.3 is 4.90 Å². The maximum atomic E-state index is 13.2. The topological polar surface area (TPSA) is 40.6 Å². The fourth-order valence-corrected chi connectivity index (χ4v) is 4.16. The van der Waals surface area contributed by atoms with E-state index < -0.39 is 10.0 Å². The summed E-state index contributed by atoms with van der Waals surface area (Å²) >= 11 is 0. The van der Waals surface area contributed by atoms with E-state index in [0.717, 1.165) is 24.8 Å². The van der Waals surface area contributed by atoms with E-state index in [0.29, 0.717) is 24.5 Å². The summed E-state index contributed by atoms with van der Waals surface area (Å²) in [6.45, 7) is 3.68. The Hall–Kier alpha value is -1.69. The second-order valence-electron chi connectivity index (χ2n) is 6.87. The first-order valence-electron chi connectivity index (χ1n) is 9.21. The van der Waals surface area contributed by atoms with Crippen molar-refractivity contribution in [2.45, 2.75) is 37.6 Å². The number of hydrogen-bond donors (Lipinski definition) is 0. The normalized spacial score (nSPS) is 12.0. The molecule has 0 aromatic heterocycles. The second kappa shape index (κ2) is 9.86. The van der Waals surface area contributed by atoms with Crippen molar-refractivity contribution in [3.63, 3.8) is 0 Å². The fraction of sp³-hybridized carbons (Fsp3) is 0.429. The van der Waals surface area contributed by atoms with Gasteiger partial charge >= 0.3 is 0 Å². The molecule has 4 nitrogen and oxygen atoms in total. The van der Waals surface area contributed by atoms with Gasteiger partial charge in [-0.1, -0.05) is 55.8 Å². The molecule has 0 amide bonds. The van der Waals surface area contributed by atoms with Gasteiger partial charge in [-0.25, -0.2) is 8.42 Å². The van der Waals surface area contributed by atoms with Gasteiger partial charge in [-0.3, -0.25) is 0 Å². The van der Waals surface area contributed by atoms with Crippen molar-refractivity contribution in [1.82, 2.24) is 9.21 Å². The summed E-state index contributed by atoms with van der Waals surface area (Å²) < 4.78 is 27.9. The minimum Gasteiger partial charge on any atom is -0.308 e. The maximum absolute atomic E-state index is 13.2. The van der Waals surface area contributed by atoms with E-state index in [1.807, 2.05) is 61.5 Å². The Morgan fingerprint density at radius 3 is 2.08 bits per heavy atom. The number of benzene rings is 2. The largest absolute Gasteiger partial charge is 0.308 e. The molecule has 0 saturated heterocycles. The van der Waals surface area contributed by atoms with Crippen molar-refractivity contribution < 1.29 is 8.42 Å². The monoisotopic (exact) mass is 374 g/mol. The molecular weight excluding hydrogens is 344 g/mol. The molecule has 142 valence electrons. The molecule has 2 aromatic carbocycles. The van der Waals surface area contributed by atoms with Crippen LogP contribution in [-0.4, -0.2) is 44.8 Å². The van der Waals surface area contributed by atoms with Gasteiger partial charge in [0.15, 0.2) is 0 Å². The van der Waals surface area contributed by atoms with Gasteiger partial charge in [0.25, 0.3) is 0 Å². The predicted molar refractivity (Wildman–Crippen MR) is 108 cm³/mol.